The van der Waals surface area contributed by atoms with E-state index in [-0.39, 0.29) is 5.91 Å². The summed E-state index contributed by atoms with van der Waals surface area (Å²) < 4.78 is 10.5. The molecule has 0 aliphatic rings. The van der Waals surface area contributed by atoms with Crippen molar-refractivity contribution in [1.82, 2.24) is 5.32 Å². The molecule has 0 fully saturated rings. The lowest BCUT2D eigenvalue weighted by Crippen LogP contribution is -2.25. The summed E-state index contributed by atoms with van der Waals surface area (Å²) in [5, 5.41) is 2.84. The van der Waals surface area contributed by atoms with Crippen molar-refractivity contribution in [2.24, 2.45) is 0 Å². The van der Waals surface area contributed by atoms with Gasteiger partial charge in [-0.1, -0.05) is 13.3 Å². The number of amides is 1. The van der Waals surface area contributed by atoms with Gasteiger partial charge in [0.2, 0.25) is 0 Å². The lowest BCUT2D eigenvalue weighted by Gasteiger charge is -2.08. The van der Waals surface area contributed by atoms with E-state index >= 15 is 0 Å². The van der Waals surface area contributed by atoms with Gasteiger partial charge in [-0.2, -0.15) is 0 Å². The average Bonchev–Trinajstić information content (AvgIpc) is 2.45. The van der Waals surface area contributed by atoms with E-state index in [2.05, 4.69) is 12.2 Å². The largest absolute Gasteiger partial charge is 0.497 e. The highest BCUT2D eigenvalue weighted by Gasteiger charge is 2.07. The smallest absolute Gasteiger partial charge is 0.251 e. The van der Waals surface area contributed by atoms with E-state index in [0.717, 1.165) is 25.9 Å². The number of carbonyl (C=O) groups is 1. The maximum Gasteiger partial charge on any atom is 0.251 e. The first-order valence-corrected chi connectivity index (χ1v) is 6.98. The highest BCUT2D eigenvalue weighted by Crippen LogP contribution is 2.18. The van der Waals surface area contributed by atoms with Crippen molar-refractivity contribution in [3.8, 4) is 5.75 Å². The van der Waals surface area contributed by atoms with Crippen LogP contribution in [0.3, 0.4) is 0 Å². The Balaban J connectivity index is 2.30. The number of methoxy groups -OCH3 is 1. The Morgan fingerprint density at radius 2 is 2.00 bits per heavy atom. The maximum atomic E-state index is 11.9. The first kappa shape index (κ1) is 16.3. The Morgan fingerprint density at radius 3 is 2.70 bits per heavy atom. The van der Waals surface area contributed by atoms with Crippen LogP contribution < -0.4 is 15.8 Å². The minimum Gasteiger partial charge on any atom is -0.497 e. The molecule has 0 unspecified atom stereocenters. The van der Waals surface area contributed by atoms with Crippen molar-refractivity contribution in [2.45, 2.75) is 26.2 Å². The highest BCUT2D eigenvalue weighted by molar-refractivity contribution is 5.95. The molecule has 0 heterocycles. The second kappa shape index (κ2) is 9.20. The second-order valence-corrected chi connectivity index (χ2v) is 4.57. The summed E-state index contributed by atoms with van der Waals surface area (Å²) in [7, 11) is 1.55. The molecule has 1 amide bonds. The summed E-state index contributed by atoms with van der Waals surface area (Å²) in [6.45, 7) is 4.17. The van der Waals surface area contributed by atoms with Crippen molar-refractivity contribution < 1.29 is 14.3 Å². The molecule has 0 aliphatic carbocycles. The Hall–Kier alpha value is -1.75. The van der Waals surface area contributed by atoms with E-state index in [1.54, 1.807) is 25.3 Å². The predicted octanol–water partition coefficient (Wildman–Crippen LogP) is 2.21. The number of hydrogen-bond acceptors (Lipinski definition) is 4. The van der Waals surface area contributed by atoms with Crippen molar-refractivity contribution >= 4 is 11.6 Å². The fraction of sp³-hybridized carbons (Fsp3) is 0.533. The van der Waals surface area contributed by atoms with Crippen molar-refractivity contribution in [1.29, 1.82) is 0 Å². The third-order valence-corrected chi connectivity index (χ3v) is 2.82. The van der Waals surface area contributed by atoms with Gasteiger partial charge in [0.25, 0.3) is 5.91 Å². The summed E-state index contributed by atoms with van der Waals surface area (Å²) in [4.78, 5) is 11.9. The molecule has 0 saturated heterocycles. The summed E-state index contributed by atoms with van der Waals surface area (Å²) in [5.74, 6) is 0.433. The lowest BCUT2D eigenvalue weighted by molar-refractivity contribution is 0.0940. The van der Waals surface area contributed by atoms with E-state index in [4.69, 9.17) is 15.2 Å². The normalized spacial score (nSPS) is 10.3. The molecule has 0 saturated carbocycles. The van der Waals surface area contributed by atoms with Gasteiger partial charge in [-0.25, -0.2) is 0 Å². The van der Waals surface area contributed by atoms with E-state index in [9.17, 15) is 4.79 Å². The minimum absolute atomic E-state index is 0.149. The van der Waals surface area contributed by atoms with Gasteiger partial charge in [0.1, 0.15) is 5.75 Å². The molecule has 1 aromatic rings. The summed E-state index contributed by atoms with van der Waals surface area (Å²) in [6, 6.07) is 4.98. The average molecular weight is 280 g/mol. The topological polar surface area (TPSA) is 73.6 Å². The molecule has 112 valence electrons. The molecular formula is C15H24N2O3. The number of unbranched alkanes of at least 4 members (excludes halogenated alkanes) is 1. The number of anilines is 1. The van der Waals surface area contributed by atoms with Crippen LogP contribution in [0.5, 0.6) is 5.75 Å². The van der Waals surface area contributed by atoms with Gasteiger partial charge in [-0.3, -0.25) is 4.79 Å². The monoisotopic (exact) mass is 280 g/mol. The maximum absolute atomic E-state index is 11.9. The Kier molecular flexibility index (Phi) is 7.50. The number of nitrogens with two attached hydrogens (primary N) is 1. The SMILES string of the molecule is CCCCOCCCNC(=O)c1cc(N)cc(OC)c1. The third-order valence-electron chi connectivity index (χ3n) is 2.82. The predicted molar refractivity (Wildman–Crippen MR) is 80.1 cm³/mol. The quantitative estimate of drug-likeness (QED) is 0.537. The number of carbonyl (C=O) groups excluding carboxylic acids is 1. The zero-order chi connectivity index (χ0) is 14.8. The van der Waals surface area contributed by atoms with E-state index in [1.165, 1.54) is 0 Å². The molecule has 5 heteroatoms. The first-order chi connectivity index (χ1) is 9.67. The number of nitrogens with one attached hydrogen (secondary N) is 1. The molecule has 5 nitrogen and oxygen atoms in total. The van der Waals surface area contributed by atoms with Gasteiger partial charge in [0, 0.05) is 37.1 Å². The molecule has 3 N–H and O–H groups in total. The highest BCUT2D eigenvalue weighted by atomic mass is 16.5. The molecule has 0 aliphatic heterocycles. The fourth-order valence-corrected chi connectivity index (χ4v) is 1.70. The van der Waals surface area contributed by atoms with Crippen LogP contribution in [-0.2, 0) is 4.74 Å². The van der Waals surface area contributed by atoms with Crippen LogP contribution in [0.25, 0.3) is 0 Å². The number of ether oxygens (including phenoxy) is 2. The molecule has 0 radical (unpaired) electrons. The molecule has 0 bridgehead atoms. The van der Waals surface area contributed by atoms with Crippen LogP contribution in [0.4, 0.5) is 5.69 Å². The fourth-order valence-electron chi connectivity index (χ4n) is 1.70. The zero-order valence-electron chi connectivity index (χ0n) is 12.3. The first-order valence-electron chi connectivity index (χ1n) is 6.98. The zero-order valence-corrected chi connectivity index (χ0v) is 12.3. The van der Waals surface area contributed by atoms with Crippen LogP contribution >= 0.6 is 0 Å². The van der Waals surface area contributed by atoms with Gasteiger partial charge in [0.05, 0.1) is 7.11 Å². The minimum atomic E-state index is -0.149. The standard InChI is InChI=1S/C15H24N2O3/c1-3-4-7-20-8-5-6-17-15(18)12-9-13(16)11-14(10-12)19-2/h9-11H,3-8,16H2,1-2H3,(H,17,18). The summed E-state index contributed by atoms with van der Waals surface area (Å²) in [6.07, 6.45) is 3.01. The van der Waals surface area contributed by atoms with Crippen LogP contribution in [-0.4, -0.2) is 32.8 Å². The van der Waals surface area contributed by atoms with Gasteiger partial charge in [0.15, 0.2) is 0 Å². The van der Waals surface area contributed by atoms with E-state index in [0.29, 0.717) is 30.2 Å². The number of benzene rings is 1. The van der Waals surface area contributed by atoms with Gasteiger partial charge in [-0.15, -0.1) is 0 Å². The Bertz CT molecular complexity index is 422. The molecule has 20 heavy (non-hydrogen) atoms. The molecule has 0 spiro atoms. The van der Waals surface area contributed by atoms with Gasteiger partial charge in [-0.05, 0) is 25.0 Å². The van der Waals surface area contributed by atoms with Crippen molar-refractivity contribution in [3.05, 3.63) is 23.8 Å². The number of rotatable bonds is 9. The second-order valence-electron chi connectivity index (χ2n) is 4.57. The Labute approximate surface area is 120 Å². The van der Waals surface area contributed by atoms with Crippen LogP contribution in [0.1, 0.15) is 36.5 Å². The van der Waals surface area contributed by atoms with Gasteiger partial charge >= 0.3 is 0 Å². The molecule has 1 aromatic carbocycles. The van der Waals surface area contributed by atoms with Crippen LogP contribution in [0.2, 0.25) is 0 Å². The molecule has 0 atom stereocenters. The molecule has 0 aromatic heterocycles. The van der Waals surface area contributed by atoms with E-state index < -0.39 is 0 Å². The van der Waals surface area contributed by atoms with Crippen molar-refractivity contribution in [3.63, 3.8) is 0 Å². The lowest BCUT2D eigenvalue weighted by atomic mass is 10.1. The summed E-state index contributed by atoms with van der Waals surface area (Å²) in [5.41, 5.74) is 6.74. The third kappa shape index (κ3) is 5.93. The van der Waals surface area contributed by atoms with Crippen LogP contribution in [0, 0.1) is 0 Å². The van der Waals surface area contributed by atoms with Crippen molar-refractivity contribution in [2.75, 3.05) is 32.6 Å². The summed E-state index contributed by atoms with van der Waals surface area (Å²) >= 11 is 0. The molecular weight excluding hydrogens is 256 g/mol. The molecule has 1 rings (SSSR count). The Morgan fingerprint density at radius 1 is 1.25 bits per heavy atom. The van der Waals surface area contributed by atoms with Gasteiger partial charge < -0.3 is 20.5 Å². The van der Waals surface area contributed by atoms with Crippen LogP contribution in [0.15, 0.2) is 18.2 Å². The van der Waals surface area contributed by atoms with E-state index in [1.807, 2.05) is 0 Å². The number of nitrogen functional groups attached to an aromatic ring is 1. The number of hydrogen-bond donors (Lipinski definition) is 2.